The molecule has 1 atom stereocenters. The summed E-state index contributed by atoms with van der Waals surface area (Å²) in [6.45, 7) is 5.44. The molecule has 1 aliphatic rings. The van der Waals surface area contributed by atoms with E-state index in [1.807, 2.05) is 30.1 Å². The number of aryl methyl sites for hydroxylation is 1. The minimum atomic E-state index is 0.0610. The van der Waals surface area contributed by atoms with Crippen molar-refractivity contribution in [2.24, 2.45) is 7.05 Å². The second kappa shape index (κ2) is 8.23. The molecule has 4 rings (SSSR count). The van der Waals surface area contributed by atoms with Crippen LogP contribution in [-0.4, -0.2) is 51.2 Å². The molecule has 3 heterocycles. The zero-order valence-electron chi connectivity index (χ0n) is 16.3. The van der Waals surface area contributed by atoms with Gasteiger partial charge >= 0.3 is 0 Å². The molecule has 0 N–H and O–H groups in total. The Hall–Kier alpha value is -1.89. The highest BCUT2D eigenvalue weighted by Gasteiger charge is 2.29. The van der Waals surface area contributed by atoms with E-state index in [2.05, 4.69) is 29.1 Å². The number of thiophene rings is 1. The summed E-state index contributed by atoms with van der Waals surface area (Å²) in [6, 6.07) is 10.5. The van der Waals surface area contributed by atoms with Crippen LogP contribution < -0.4 is 0 Å². The van der Waals surface area contributed by atoms with Crippen LogP contribution in [0.1, 0.15) is 35.1 Å². The van der Waals surface area contributed by atoms with Gasteiger partial charge in [-0.3, -0.25) is 14.4 Å². The molecule has 1 aromatic carbocycles. The van der Waals surface area contributed by atoms with Gasteiger partial charge < -0.3 is 4.90 Å². The lowest BCUT2D eigenvalue weighted by Crippen LogP contribution is -2.42. The first kappa shape index (κ1) is 19.4. The molecule has 0 spiro atoms. The number of carbonyl (C=O) groups excluding carboxylic acids is 1. The Balaban J connectivity index is 1.62. The predicted octanol–water partition coefficient (Wildman–Crippen LogP) is 4.41. The van der Waals surface area contributed by atoms with E-state index in [4.69, 9.17) is 11.6 Å². The quantitative estimate of drug-likeness (QED) is 0.597. The lowest BCUT2D eigenvalue weighted by Gasteiger charge is -2.29. The topological polar surface area (TPSA) is 41.4 Å². The third-order valence-corrected chi connectivity index (χ3v) is 6.87. The number of halogens is 1. The highest BCUT2D eigenvalue weighted by Crippen LogP contribution is 2.28. The SMILES string of the molecule is CCN1CCC[C@H]1CN(Cc1nn(C)cc1Cl)C(=O)c1cc2ccccc2s1. The van der Waals surface area contributed by atoms with E-state index >= 15 is 0 Å². The Labute approximate surface area is 174 Å². The number of nitrogens with zero attached hydrogens (tertiary/aromatic N) is 4. The number of hydrogen-bond donors (Lipinski definition) is 0. The standard InChI is InChI=1S/C21H25ClN4OS/c1-3-25-10-6-8-16(25)12-26(14-18-17(22)13-24(2)23-18)21(27)20-11-15-7-4-5-9-19(15)28-20/h4-5,7,9,11,13,16H,3,6,8,10,12,14H2,1-2H3/t16-/m0/s1. The van der Waals surface area contributed by atoms with Crippen LogP contribution in [0.3, 0.4) is 0 Å². The molecule has 0 aliphatic carbocycles. The maximum Gasteiger partial charge on any atom is 0.264 e. The summed E-state index contributed by atoms with van der Waals surface area (Å²) in [5, 5.41) is 6.18. The number of likely N-dealkylation sites (N-methyl/N-ethyl adjacent to an activating group) is 1. The summed E-state index contributed by atoms with van der Waals surface area (Å²) in [4.78, 5) is 18.6. The Kier molecular flexibility index (Phi) is 5.71. The molecule has 1 aliphatic heterocycles. The van der Waals surface area contributed by atoms with Crippen LogP contribution in [0.2, 0.25) is 5.02 Å². The lowest BCUT2D eigenvalue weighted by atomic mass is 10.2. The van der Waals surface area contributed by atoms with Crippen molar-refractivity contribution in [2.45, 2.75) is 32.4 Å². The van der Waals surface area contributed by atoms with Gasteiger partial charge in [-0.05, 0) is 43.5 Å². The number of rotatable bonds is 6. The summed E-state index contributed by atoms with van der Waals surface area (Å²) in [7, 11) is 1.85. The molecule has 2 aromatic heterocycles. The summed E-state index contributed by atoms with van der Waals surface area (Å²) in [6.07, 6.45) is 4.10. The third kappa shape index (κ3) is 3.95. The fourth-order valence-corrected chi connectivity index (χ4v) is 5.30. The number of hydrogen-bond acceptors (Lipinski definition) is 4. The zero-order valence-corrected chi connectivity index (χ0v) is 17.8. The van der Waals surface area contributed by atoms with Gasteiger partial charge in [-0.1, -0.05) is 36.7 Å². The Morgan fingerprint density at radius 3 is 2.93 bits per heavy atom. The van der Waals surface area contributed by atoms with Gasteiger partial charge in [0.25, 0.3) is 5.91 Å². The molecule has 3 aromatic rings. The number of aromatic nitrogens is 2. The number of likely N-dealkylation sites (tertiary alicyclic amines) is 1. The zero-order chi connectivity index (χ0) is 19.7. The Morgan fingerprint density at radius 2 is 2.21 bits per heavy atom. The van der Waals surface area contributed by atoms with Crippen LogP contribution in [0.15, 0.2) is 36.5 Å². The number of benzene rings is 1. The highest BCUT2D eigenvalue weighted by molar-refractivity contribution is 7.20. The van der Waals surface area contributed by atoms with Gasteiger partial charge in [0.2, 0.25) is 0 Å². The van der Waals surface area contributed by atoms with Gasteiger partial charge in [-0.15, -0.1) is 11.3 Å². The molecule has 7 heteroatoms. The first-order valence-corrected chi connectivity index (χ1v) is 10.9. The predicted molar refractivity (Wildman–Crippen MR) is 115 cm³/mol. The van der Waals surface area contributed by atoms with Crippen molar-refractivity contribution in [1.29, 1.82) is 0 Å². The van der Waals surface area contributed by atoms with Crippen molar-refractivity contribution in [2.75, 3.05) is 19.6 Å². The molecule has 0 unspecified atom stereocenters. The van der Waals surface area contributed by atoms with Gasteiger partial charge in [0.1, 0.15) is 5.69 Å². The minimum absolute atomic E-state index is 0.0610. The number of carbonyl (C=O) groups is 1. The lowest BCUT2D eigenvalue weighted by molar-refractivity contribution is 0.0694. The van der Waals surface area contributed by atoms with Crippen LogP contribution >= 0.6 is 22.9 Å². The van der Waals surface area contributed by atoms with E-state index in [0.29, 0.717) is 24.2 Å². The normalized spacial score (nSPS) is 17.5. The van der Waals surface area contributed by atoms with E-state index in [1.54, 1.807) is 22.2 Å². The molecule has 1 saturated heterocycles. The third-order valence-electron chi connectivity index (χ3n) is 5.45. The van der Waals surface area contributed by atoms with Crippen molar-refractivity contribution < 1.29 is 4.79 Å². The molecular formula is C21H25ClN4OS. The van der Waals surface area contributed by atoms with Crippen LogP contribution in [0.5, 0.6) is 0 Å². The Morgan fingerprint density at radius 1 is 1.39 bits per heavy atom. The van der Waals surface area contributed by atoms with Crippen LogP contribution in [-0.2, 0) is 13.6 Å². The van der Waals surface area contributed by atoms with Crippen molar-refractivity contribution in [3.05, 3.63) is 52.1 Å². The molecule has 0 saturated carbocycles. The average molecular weight is 417 g/mol. The highest BCUT2D eigenvalue weighted by atomic mass is 35.5. The van der Waals surface area contributed by atoms with Crippen molar-refractivity contribution in [3.8, 4) is 0 Å². The van der Waals surface area contributed by atoms with Crippen molar-refractivity contribution >= 4 is 38.9 Å². The van der Waals surface area contributed by atoms with E-state index < -0.39 is 0 Å². The first-order valence-electron chi connectivity index (χ1n) is 9.75. The fraction of sp³-hybridized carbons (Fsp3) is 0.429. The monoisotopic (exact) mass is 416 g/mol. The van der Waals surface area contributed by atoms with Crippen molar-refractivity contribution in [3.63, 3.8) is 0 Å². The molecule has 0 bridgehead atoms. The number of amides is 1. The molecular weight excluding hydrogens is 392 g/mol. The van der Waals surface area contributed by atoms with E-state index in [9.17, 15) is 4.79 Å². The van der Waals surface area contributed by atoms with Gasteiger partial charge in [-0.25, -0.2) is 0 Å². The fourth-order valence-electron chi connectivity index (χ4n) is 4.03. The summed E-state index contributed by atoms with van der Waals surface area (Å²) in [5.74, 6) is 0.0610. The summed E-state index contributed by atoms with van der Waals surface area (Å²) in [5.41, 5.74) is 0.750. The van der Waals surface area contributed by atoms with Crippen LogP contribution in [0.25, 0.3) is 10.1 Å². The second-order valence-corrected chi connectivity index (χ2v) is 8.85. The maximum absolute atomic E-state index is 13.5. The maximum atomic E-state index is 13.5. The molecule has 1 amide bonds. The van der Waals surface area contributed by atoms with Crippen LogP contribution in [0.4, 0.5) is 0 Å². The molecule has 5 nitrogen and oxygen atoms in total. The first-order chi connectivity index (χ1) is 13.5. The molecule has 1 fully saturated rings. The van der Waals surface area contributed by atoms with Crippen molar-refractivity contribution in [1.82, 2.24) is 19.6 Å². The van der Waals surface area contributed by atoms with E-state index in [1.165, 1.54) is 6.42 Å². The minimum Gasteiger partial charge on any atom is -0.330 e. The van der Waals surface area contributed by atoms with Gasteiger partial charge in [0, 0.05) is 30.5 Å². The van der Waals surface area contributed by atoms with Gasteiger partial charge in [-0.2, -0.15) is 5.10 Å². The average Bonchev–Trinajstić information content (AvgIpc) is 3.39. The smallest absolute Gasteiger partial charge is 0.264 e. The van der Waals surface area contributed by atoms with E-state index in [0.717, 1.165) is 40.2 Å². The molecule has 0 radical (unpaired) electrons. The number of fused-ring (bicyclic) bond motifs is 1. The van der Waals surface area contributed by atoms with E-state index in [-0.39, 0.29) is 5.91 Å². The second-order valence-electron chi connectivity index (χ2n) is 7.36. The van der Waals surface area contributed by atoms with Gasteiger partial charge in [0.05, 0.1) is 16.4 Å². The summed E-state index contributed by atoms with van der Waals surface area (Å²) >= 11 is 7.90. The molecule has 148 valence electrons. The molecule has 28 heavy (non-hydrogen) atoms. The largest absolute Gasteiger partial charge is 0.330 e. The van der Waals surface area contributed by atoms with Crippen LogP contribution in [0, 0.1) is 0 Å². The Bertz CT molecular complexity index is 949. The van der Waals surface area contributed by atoms with Gasteiger partial charge in [0.15, 0.2) is 0 Å². The summed E-state index contributed by atoms with van der Waals surface area (Å²) < 4.78 is 2.84.